The summed E-state index contributed by atoms with van der Waals surface area (Å²) in [5.74, 6) is 0.434. The van der Waals surface area contributed by atoms with E-state index >= 15 is 0 Å². The van der Waals surface area contributed by atoms with Crippen LogP contribution in [-0.4, -0.2) is 30.8 Å². The topological polar surface area (TPSA) is 89.8 Å². The highest BCUT2D eigenvalue weighted by molar-refractivity contribution is 7.89. The van der Waals surface area contributed by atoms with Crippen molar-refractivity contribution in [2.75, 3.05) is 7.11 Å². The fourth-order valence-corrected chi connectivity index (χ4v) is 4.76. The highest BCUT2D eigenvalue weighted by atomic mass is 32.2. The average molecular weight is 404 g/mol. The number of methoxy groups -OCH3 is 1. The summed E-state index contributed by atoms with van der Waals surface area (Å²) in [6.07, 6.45) is 1.59. The van der Waals surface area contributed by atoms with Gasteiger partial charge in [-0.25, -0.2) is 8.42 Å². The van der Waals surface area contributed by atoms with Crippen molar-refractivity contribution in [3.8, 4) is 5.75 Å². The average Bonchev–Trinajstić information content (AvgIpc) is 3.50. The van der Waals surface area contributed by atoms with Crippen LogP contribution in [0.2, 0.25) is 0 Å². The van der Waals surface area contributed by atoms with Crippen molar-refractivity contribution in [3.63, 3.8) is 0 Å². The fraction of sp³-hybridized carbons (Fsp3) is 0.400. The second-order valence-corrected chi connectivity index (χ2v) is 9.16. The molecular formula is C20H24N2O5S. The van der Waals surface area contributed by atoms with Crippen LogP contribution in [0, 0.1) is 10.1 Å². The van der Waals surface area contributed by atoms with Crippen LogP contribution in [0.15, 0.2) is 47.4 Å². The molecule has 0 radical (unpaired) electrons. The Morgan fingerprint density at radius 1 is 1.18 bits per heavy atom. The SMILES string of the molecule is COc1ccc(S(=O)(=O)N(Cc2ccc(C(C)C)cc2)C2CC2)cc1[N+](=O)[O-]. The van der Waals surface area contributed by atoms with Crippen LogP contribution in [0.3, 0.4) is 0 Å². The van der Waals surface area contributed by atoms with Crippen molar-refractivity contribution in [2.24, 2.45) is 0 Å². The minimum atomic E-state index is -3.87. The van der Waals surface area contributed by atoms with Gasteiger partial charge in [0.05, 0.1) is 16.9 Å². The predicted octanol–water partition coefficient (Wildman–Crippen LogP) is 4.08. The van der Waals surface area contributed by atoms with Crippen LogP contribution in [0.5, 0.6) is 5.75 Å². The van der Waals surface area contributed by atoms with Crippen molar-refractivity contribution in [2.45, 2.75) is 50.1 Å². The first-order valence-electron chi connectivity index (χ1n) is 9.17. The standard InChI is InChI=1S/C20H24N2O5S/c1-14(2)16-6-4-15(5-7-16)13-21(17-8-9-17)28(25,26)18-10-11-20(27-3)19(12-18)22(23)24/h4-7,10-12,14,17H,8-9,13H2,1-3H3. The molecule has 8 heteroatoms. The minimum absolute atomic E-state index is 0.0335. The smallest absolute Gasteiger partial charge is 0.312 e. The molecule has 2 aromatic carbocycles. The number of nitrogens with zero attached hydrogens (tertiary/aromatic N) is 2. The second-order valence-electron chi connectivity index (χ2n) is 7.27. The first-order valence-corrected chi connectivity index (χ1v) is 10.6. The zero-order valence-corrected chi connectivity index (χ0v) is 17.0. The van der Waals surface area contributed by atoms with Crippen LogP contribution in [0.4, 0.5) is 5.69 Å². The summed E-state index contributed by atoms with van der Waals surface area (Å²) in [4.78, 5) is 10.5. The molecule has 1 saturated carbocycles. The molecule has 1 aliphatic carbocycles. The Kier molecular flexibility index (Phi) is 5.71. The molecule has 0 aromatic heterocycles. The molecular weight excluding hydrogens is 380 g/mol. The highest BCUT2D eigenvalue weighted by Gasteiger charge is 2.38. The molecule has 0 spiro atoms. The Bertz CT molecular complexity index is 967. The van der Waals surface area contributed by atoms with Gasteiger partial charge in [-0.1, -0.05) is 38.1 Å². The van der Waals surface area contributed by atoms with Gasteiger partial charge < -0.3 is 4.74 Å². The molecule has 0 saturated heterocycles. The van der Waals surface area contributed by atoms with E-state index in [1.54, 1.807) is 0 Å². The lowest BCUT2D eigenvalue weighted by atomic mass is 10.0. The third-order valence-corrected chi connectivity index (χ3v) is 6.79. The van der Waals surface area contributed by atoms with Crippen molar-refractivity contribution >= 4 is 15.7 Å². The minimum Gasteiger partial charge on any atom is -0.490 e. The number of nitro groups is 1. The van der Waals surface area contributed by atoms with E-state index in [-0.39, 0.29) is 28.9 Å². The fourth-order valence-electron chi connectivity index (χ4n) is 3.07. The van der Waals surface area contributed by atoms with E-state index in [4.69, 9.17) is 4.74 Å². The van der Waals surface area contributed by atoms with E-state index < -0.39 is 14.9 Å². The molecule has 0 aliphatic heterocycles. The Morgan fingerprint density at radius 3 is 2.32 bits per heavy atom. The summed E-state index contributed by atoms with van der Waals surface area (Å²) < 4.78 is 32.9. The zero-order chi connectivity index (χ0) is 20.5. The molecule has 0 amide bonds. The van der Waals surface area contributed by atoms with Crippen molar-refractivity contribution in [1.29, 1.82) is 0 Å². The second kappa shape index (κ2) is 7.89. The van der Waals surface area contributed by atoms with Crippen LogP contribution in [0.25, 0.3) is 0 Å². The molecule has 3 rings (SSSR count). The van der Waals surface area contributed by atoms with Crippen LogP contribution in [-0.2, 0) is 16.6 Å². The van der Waals surface area contributed by atoms with Gasteiger partial charge in [0.1, 0.15) is 0 Å². The van der Waals surface area contributed by atoms with Gasteiger partial charge >= 0.3 is 5.69 Å². The first-order chi connectivity index (χ1) is 13.2. The van der Waals surface area contributed by atoms with Crippen molar-refractivity contribution in [3.05, 3.63) is 63.7 Å². The predicted molar refractivity (Wildman–Crippen MR) is 106 cm³/mol. The van der Waals surface area contributed by atoms with Gasteiger partial charge in [-0.15, -0.1) is 0 Å². The zero-order valence-electron chi connectivity index (χ0n) is 16.2. The molecule has 0 atom stereocenters. The van der Waals surface area contributed by atoms with Crippen molar-refractivity contribution in [1.82, 2.24) is 4.31 Å². The lowest BCUT2D eigenvalue weighted by molar-refractivity contribution is -0.386. The van der Waals surface area contributed by atoms with Gasteiger partial charge in [-0.3, -0.25) is 10.1 Å². The summed E-state index contributed by atoms with van der Waals surface area (Å²) in [5.41, 5.74) is 1.72. The number of rotatable bonds is 8. The third kappa shape index (κ3) is 4.18. The quantitative estimate of drug-likeness (QED) is 0.488. The van der Waals surface area contributed by atoms with E-state index in [1.807, 2.05) is 24.3 Å². The van der Waals surface area contributed by atoms with E-state index in [1.165, 1.54) is 29.1 Å². The lowest BCUT2D eigenvalue weighted by Gasteiger charge is -2.22. The van der Waals surface area contributed by atoms with Crippen molar-refractivity contribution < 1.29 is 18.1 Å². The molecule has 2 aromatic rings. The molecule has 7 nitrogen and oxygen atoms in total. The van der Waals surface area contributed by atoms with Gasteiger partial charge in [0.15, 0.2) is 5.75 Å². The summed E-state index contributed by atoms with van der Waals surface area (Å²) in [5, 5.41) is 11.3. The number of sulfonamides is 1. The van der Waals surface area contributed by atoms with Gasteiger partial charge in [0.25, 0.3) is 0 Å². The van der Waals surface area contributed by atoms with Gasteiger partial charge in [-0.05, 0) is 42.0 Å². The van der Waals surface area contributed by atoms with Gasteiger partial charge in [0.2, 0.25) is 10.0 Å². The molecule has 1 fully saturated rings. The van der Waals surface area contributed by atoms with E-state index in [9.17, 15) is 18.5 Å². The Hall–Kier alpha value is -2.45. The monoisotopic (exact) mass is 404 g/mol. The molecule has 0 heterocycles. The number of hydrogen-bond acceptors (Lipinski definition) is 5. The normalized spacial score (nSPS) is 14.5. The summed E-state index contributed by atoms with van der Waals surface area (Å²) in [6, 6.07) is 11.6. The molecule has 0 bridgehead atoms. The number of hydrogen-bond donors (Lipinski definition) is 0. The first kappa shape index (κ1) is 20.3. The molecule has 0 unspecified atom stereocenters. The summed E-state index contributed by atoms with van der Waals surface area (Å²) in [7, 11) is -2.56. The molecule has 150 valence electrons. The Balaban J connectivity index is 1.93. The lowest BCUT2D eigenvalue weighted by Crippen LogP contribution is -2.32. The molecule has 1 aliphatic rings. The molecule has 0 N–H and O–H groups in total. The summed E-state index contributed by atoms with van der Waals surface area (Å²) in [6.45, 7) is 4.45. The van der Waals surface area contributed by atoms with Gasteiger partial charge in [-0.2, -0.15) is 4.31 Å². The van der Waals surface area contributed by atoms with Gasteiger partial charge in [0, 0.05) is 18.7 Å². The third-order valence-electron chi connectivity index (χ3n) is 4.89. The van der Waals surface area contributed by atoms with E-state index in [0.717, 1.165) is 24.5 Å². The Labute approximate surface area is 165 Å². The maximum Gasteiger partial charge on any atom is 0.312 e. The summed E-state index contributed by atoms with van der Waals surface area (Å²) >= 11 is 0. The highest BCUT2D eigenvalue weighted by Crippen LogP contribution is 2.36. The number of benzene rings is 2. The van der Waals surface area contributed by atoms with Crippen LogP contribution >= 0.6 is 0 Å². The van der Waals surface area contributed by atoms with Crippen LogP contribution < -0.4 is 4.74 Å². The molecule has 28 heavy (non-hydrogen) atoms. The van der Waals surface area contributed by atoms with E-state index in [2.05, 4.69) is 13.8 Å². The van der Waals surface area contributed by atoms with Crippen LogP contribution in [0.1, 0.15) is 43.7 Å². The number of nitro benzene ring substituents is 1. The number of ether oxygens (including phenoxy) is 1. The maximum absolute atomic E-state index is 13.2. The van der Waals surface area contributed by atoms with E-state index in [0.29, 0.717) is 5.92 Å². The Morgan fingerprint density at radius 2 is 1.82 bits per heavy atom. The maximum atomic E-state index is 13.2. The largest absolute Gasteiger partial charge is 0.490 e.